The Labute approximate surface area is 149 Å². The van der Waals surface area contributed by atoms with Crippen molar-refractivity contribution >= 4 is 5.97 Å². The van der Waals surface area contributed by atoms with E-state index in [1.54, 1.807) is 24.3 Å². The fraction of sp³-hybridized carbons (Fsp3) is 0.211. The molecule has 3 aromatic rings. The summed E-state index contributed by atoms with van der Waals surface area (Å²) in [5.41, 5.74) is 0.993. The van der Waals surface area contributed by atoms with E-state index < -0.39 is 5.97 Å². The van der Waals surface area contributed by atoms with E-state index in [-0.39, 0.29) is 24.4 Å². The van der Waals surface area contributed by atoms with Gasteiger partial charge in [-0.2, -0.15) is 4.98 Å². The Balaban J connectivity index is 1.58. The summed E-state index contributed by atoms with van der Waals surface area (Å²) in [7, 11) is 0. The first-order chi connectivity index (χ1) is 12.5. The first-order valence-corrected chi connectivity index (χ1v) is 8.03. The summed E-state index contributed by atoms with van der Waals surface area (Å²) in [6.07, 6.45) is 0.0561. The molecular weight excluding hydrogens is 339 g/mol. The molecule has 0 bridgehead atoms. The number of rotatable bonds is 6. The quantitative estimate of drug-likeness (QED) is 0.621. The minimum atomic E-state index is -0.511. The van der Waals surface area contributed by atoms with Crippen LogP contribution < -0.4 is 4.74 Å². The summed E-state index contributed by atoms with van der Waals surface area (Å²) in [5, 5.41) is 3.79. The molecule has 3 rings (SSSR count). The van der Waals surface area contributed by atoms with Crippen LogP contribution in [-0.2, 0) is 11.3 Å². The highest BCUT2D eigenvalue weighted by Crippen LogP contribution is 2.17. The largest absolute Gasteiger partial charge is 0.491 e. The number of aromatic nitrogens is 2. The standard InChI is InChI=1S/C19H17FN2O4/c1-12(2)25-16-9-5-14(6-10-16)19(23)24-11-17-21-18(22-26-17)13-3-7-15(20)8-4-13/h3-10,12H,11H2,1-2H3. The highest BCUT2D eigenvalue weighted by atomic mass is 19.1. The fourth-order valence-electron chi connectivity index (χ4n) is 2.18. The number of benzene rings is 2. The van der Waals surface area contributed by atoms with Gasteiger partial charge in [0, 0.05) is 5.56 Å². The van der Waals surface area contributed by atoms with Crippen LogP contribution >= 0.6 is 0 Å². The van der Waals surface area contributed by atoms with Crippen molar-refractivity contribution in [1.29, 1.82) is 0 Å². The van der Waals surface area contributed by atoms with Gasteiger partial charge in [0.2, 0.25) is 5.82 Å². The average Bonchev–Trinajstić information content (AvgIpc) is 3.09. The summed E-state index contributed by atoms with van der Waals surface area (Å²) in [5.74, 6) is 0.264. The van der Waals surface area contributed by atoms with Crippen LogP contribution in [0.25, 0.3) is 11.4 Å². The Morgan fingerprint density at radius 2 is 1.81 bits per heavy atom. The number of nitrogens with zero attached hydrogens (tertiary/aromatic N) is 2. The lowest BCUT2D eigenvalue weighted by Gasteiger charge is -2.09. The van der Waals surface area contributed by atoms with Crippen molar-refractivity contribution in [1.82, 2.24) is 10.1 Å². The molecule has 26 heavy (non-hydrogen) atoms. The van der Waals surface area contributed by atoms with Gasteiger partial charge in [0.1, 0.15) is 11.6 Å². The second-order valence-corrected chi connectivity index (χ2v) is 5.79. The van der Waals surface area contributed by atoms with Crippen LogP contribution in [-0.4, -0.2) is 22.2 Å². The number of esters is 1. The normalized spacial score (nSPS) is 10.8. The molecule has 0 amide bonds. The van der Waals surface area contributed by atoms with Gasteiger partial charge in [-0.3, -0.25) is 0 Å². The van der Waals surface area contributed by atoms with Crippen molar-refractivity contribution in [2.75, 3.05) is 0 Å². The average molecular weight is 356 g/mol. The maximum Gasteiger partial charge on any atom is 0.338 e. The topological polar surface area (TPSA) is 74.5 Å². The summed E-state index contributed by atoms with van der Waals surface area (Å²) < 4.78 is 28.7. The first kappa shape index (κ1) is 17.6. The highest BCUT2D eigenvalue weighted by molar-refractivity contribution is 5.89. The SMILES string of the molecule is CC(C)Oc1ccc(C(=O)OCc2nc(-c3ccc(F)cc3)no2)cc1. The predicted molar refractivity (Wildman–Crippen MR) is 91.0 cm³/mol. The molecule has 0 saturated heterocycles. The molecule has 7 heteroatoms. The summed E-state index contributed by atoms with van der Waals surface area (Å²) in [4.78, 5) is 16.2. The zero-order valence-electron chi connectivity index (χ0n) is 14.3. The molecule has 0 spiro atoms. The predicted octanol–water partition coefficient (Wildman–Crippen LogP) is 4.02. The second-order valence-electron chi connectivity index (χ2n) is 5.79. The van der Waals surface area contributed by atoms with Crippen LogP contribution in [0.1, 0.15) is 30.1 Å². The Morgan fingerprint density at radius 1 is 1.12 bits per heavy atom. The van der Waals surface area contributed by atoms with E-state index in [9.17, 15) is 9.18 Å². The number of carbonyl (C=O) groups excluding carboxylic acids is 1. The minimum absolute atomic E-state index is 0.0561. The molecule has 0 N–H and O–H groups in total. The van der Waals surface area contributed by atoms with Gasteiger partial charge in [-0.15, -0.1) is 0 Å². The van der Waals surface area contributed by atoms with Crippen molar-refractivity contribution in [3.05, 3.63) is 65.8 Å². The third-order valence-electron chi connectivity index (χ3n) is 3.36. The molecule has 0 unspecified atom stereocenters. The lowest BCUT2D eigenvalue weighted by atomic mass is 10.2. The number of hydrogen-bond donors (Lipinski definition) is 0. The van der Waals surface area contributed by atoms with Crippen molar-refractivity contribution in [2.24, 2.45) is 0 Å². The van der Waals surface area contributed by atoms with Gasteiger partial charge in [0.15, 0.2) is 6.61 Å². The van der Waals surface area contributed by atoms with E-state index >= 15 is 0 Å². The summed E-state index contributed by atoms with van der Waals surface area (Å²) in [6.45, 7) is 3.69. The van der Waals surface area contributed by atoms with Crippen LogP contribution in [0, 0.1) is 5.82 Å². The van der Waals surface area contributed by atoms with Crippen molar-refractivity contribution in [3.63, 3.8) is 0 Å². The monoisotopic (exact) mass is 356 g/mol. The van der Waals surface area contributed by atoms with E-state index in [0.717, 1.165) is 0 Å². The van der Waals surface area contributed by atoms with Crippen molar-refractivity contribution in [2.45, 2.75) is 26.6 Å². The highest BCUT2D eigenvalue weighted by Gasteiger charge is 2.13. The zero-order chi connectivity index (χ0) is 18.5. The van der Waals surface area contributed by atoms with Crippen LogP contribution in [0.2, 0.25) is 0 Å². The molecular formula is C19H17FN2O4. The van der Waals surface area contributed by atoms with Gasteiger partial charge in [0.25, 0.3) is 5.89 Å². The fourth-order valence-corrected chi connectivity index (χ4v) is 2.18. The Kier molecular flexibility index (Phi) is 5.26. The number of hydrogen-bond acceptors (Lipinski definition) is 6. The molecule has 0 saturated carbocycles. The van der Waals surface area contributed by atoms with Gasteiger partial charge in [-0.05, 0) is 62.4 Å². The van der Waals surface area contributed by atoms with E-state index in [4.69, 9.17) is 14.0 Å². The van der Waals surface area contributed by atoms with Crippen molar-refractivity contribution < 1.29 is 23.2 Å². The van der Waals surface area contributed by atoms with E-state index in [1.165, 1.54) is 24.3 Å². The van der Waals surface area contributed by atoms with Crippen LogP contribution in [0.3, 0.4) is 0 Å². The van der Waals surface area contributed by atoms with Gasteiger partial charge < -0.3 is 14.0 Å². The van der Waals surface area contributed by atoms with Crippen LogP contribution in [0.15, 0.2) is 53.1 Å². The molecule has 0 aliphatic rings. The molecule has 0 atom stereocenters. The van der Waals surface area contributed by atoms with E-state index in [0.29, 0.717) is 22.7 Å². The first-order valence-electron chi connectivity index (χ1n) is 8.03. The van der Waals surface area contributed by atoms with E-state index in [1.807, 2.05) is 13.8 Å². The maximum atomic E-state index is 12.9. The molecule has 0 aliphatic carbocycles. The Bertz CT molecular complexity index is 873. The Hall–Kier alpha value is -3.22. The van der Waals surface area contributed by atoms with Gasteiger partial charge in [-0.25, -0.2) is 9.18 Å². The lowest BCUT2D eigenvalue weighted by Crippen LogP contribution is -2.07. The van der Waals surface area contributed by atoms with Crippen LogP contribution in [0.4, 0.5) is 4.39 Å². The molecule has 0 radical (unpaired) electrons. The minimum Gasteiger partial charge on any atom is -0.491 e. The third-order valence-corrected chi connectivity index (χ3v) is 3.36. The molecule has 6 nitrogen and oxygen atoms in total. The molecule has 1 aromatic heterocycles. The number of carbonyl (C=O) groups is 1. The molecule has 0 aliphatic heterocycles. The van der Waals surface area contributed by atoms with Gasteiger partial charge in [0.05, 0.1) is 11.7 Å². The second kappa shape index (κ2) is 7.77. The molecule has 0 fully saturated rings. The number of halogens is 1. The summed E-state index contributed by atoms with van der Waals surface area (Å²) in [6, 6.07) is 12.3. The maximum absolute atomic E-state index is 12.9. The third kappa shape index (κ3) is 4.44. The molecule has 1 heterocycles. The summed E-state index contributed by atoms with van der Waals surface area (Å²) >= 11 is 0. The lowest BCUT2D eigenvalue weighted by molar-refractivity contribution is 0.0430. The Morgan fingerprint density at radius 3 is 2.46 bits per heavy atom. The van der Waals surface area contributed by atoms with Gasteiger partial charge >= 0.3 is 5.97 Å². The van der Waals surface area contributed by atoms with Gasteiger partial charge in [-0.1, -0.05) is 5.16 Å². The number of ether oxygens (including phenoxy) is 2. The zero-order valence-corrected chi connectivity index (χ0v) is 14.3. The molecule has 134 valence electrons. The van der Waals surface area contributed by atoms with E-state index in [2.05, 4.69) is 10.1 Å². The van der Waals surface area contributed by atoms with Crippen molar-refractivity contribution in [3.8, 4) is 17.1 Å². The van der Waals surface area contributed by atoms with Crippen LogP contribution in [0.5, 0.6) is 5.75 Å². The molecule has 2 aromatic carbocycles. The smallest absolute Gasteiger partial charge is 0.338 e.